The number of aryl methyl sites for hydroxylation is 1. The van der Waals surface area contributed by atoms with Gasteiger partial charge in [-0.05, 0) is 12.4 Å². The molecule has 0 aliphatic carbocycles. The van der Waals surface area contributed by atoms with Crippen molar-refractivity contribution in [3.63, 3.8) is 0 Å². The molecule has 0 saturated heterocycles. The quantitative estimate of drug-likeness (QED) is 0.457. The van der Waals surface area contributed by atoms with Gasteiger partial charge in [-0.15, -0.1) is 0 Å². The summed E-state index contributed by atoms with van der Waals surface area (Å²) in [6, 6.07) is 4.82. The van der Waals surface area contributed by atoms with E-state index in [0.717, 1.165) is 5.56 Å². The summed E-state index contributed by atoms with van der Waals surface area (Å²) >= 11 is 0. The van der Waals surface area contributed by atoms with Crippen LogP contribution in [0.15, 0.2) is 18.2 Å². The van der Waals surface area contributed by atoms with Crippen molar-refractivity contribution >= 4 is 18.3 Å². The molecule has 1 rings (SSSR count). The van der Waals surface area contributed by atoms with Crippen LogP contribution < -0.4 is 5.46 Å². The molecule has 0 amide bonds. The summed E-state index contributed by atoms with van der Waals surface area (Å²) in [5, 5.41) is 17.8. The lowest BCUT2D eigenvalue weighted by atomic mass is 9.77. The third-order valence-electron chi connectivity index (χ3n) is 1.67. The normalized spacial score (nSPS) is 9.17. The molecule has 0 aliphatic rings. The Bertz CT molecular complexity index is 330. The molecule has 0 heterocycles. The van der Waals surface area contributed by atoms with Gasteiger partial charge in [-0.25, -0.2) is 4.85 Å². The summed E-state index contributed by atoms with van der Waals surface area (Å²) < 4.78 is 0. The largest absolute Gasteiger partial charge is 0.487 e. The van der Waals surface area contributed by atoms with Gasteiger partial charge in [-0.3, -0.25) is 0 Å². The van der Waals surface area contributed by atoms with E-state index >= 15 is 0 Å². The second-order valence-corrected chi connectivity index (χ2v) is 2.53. The number of hydrogen-bond acceptors (Lipinski definition) is 2. The van der Waals surface area contributed by atoms with Crippen molar-refractivity contribution in [1.29, 1.82) is 0 Å². The zero-order valence-electron chi connectivity index (χ0n) is 6.65. The maximum Gasteiger partial charge on any atom is 0.487 e. The van der Waals surface area contributed by atoms with Crippen molar-refractivity contribution in [3.8, 4) is 0 Å². The van der Waals surface area contributed by atoms with Crippen molar-refractivity contribution in [3.05, 3.63) is 35.2 Å². The van der Waals surface area contributed by atoms with Crippen LogP contribution in [0.5, 0.6) is 0 Å². The molecule has 1 aromatic rings. The summed E-state index contributed by atoms with van der Waals surface area (Å²) in [6.07, 6.45) is 0. The second-order valence-electron chi connectivity index (χ2n) is 2.53. The van der Waals surface area contributed by atoms with E-state index in [-0.39, 0.29) is 0 Å². The van der Waals surface area contributed by atoms with E-state index in [0.29, 0.717) is 11.2 Å². The summed E-state index contributed by atoms with van der Waals surface area (Å²) in [5.74, 6) is 0. The van der Waals surface area contributed by atoms with E-state index in [1.54, 1.807) is 19.1 Å². The van der Waals surface area contributed by atoms with Crippen molar-refractivity contribution in [1.82, 2.24) is 0 Å². The van der Waals surface area contributed by atoms with Crippen molar-refractivity contribution < 1.29 is 10.0 Å². The van der Waals surface area contributed by atoms with Gasteiger partial charge in [0.05, 0.1) is 6.57 Å². The summed E-state index contributed by atoms with van der Waals surface area (Å²) in [6.45, 7) is 8.48. The Balaban J connectivity index is 3.19. The van der Waals surface area contributed by atoms with Gasteiger partial charge >= 0.3 is 7.12 Å². The van der Waals surface area contributed by atoms with Crippen molar-refractivity contribution in [2.45, 2.75) is 6.92 Å². The molecule has 2 N–H and O–H groups in total. The summed E-state index contributed by atoms with van der Waals surface area (Å²) in [5.41, 5.74) is 1.59. The van der Waals surface area contributed by atoms with E-state index in [1.807, 2.05) is 0 Å². The molecular formula is C8H8BNO2. The van der Waals surface area contributed by atoms with E-state index < -0.39 is 7.12 Å². The van der Waals surface area contributed by atoms with Gasteiger partial charge in [0, 0.05) is 0 Å². The molecule has 4 heteroatoms. The van der Waals surface area contributed by atoms with Crippen molar-refractivity contribution in [2.24, 2.45) is 0 Å². The SMILES string of the molecule is [C-]#[N+]c1ccc(C)c(B(O)O)c1. The second kappa shape index (κ2) is 3.39. The Morgan fingerprint density at radius 2 is 2.08 bits per heavy atom. The fourth-order valence-corrected chi connectivity index (χ4v) is 0.976. The average Bonchev–Trinajstić information content (AvgIpc) is 2.05. The minimum atomic E-state index is -1.49. The molecular weight excluding hydrogens is 153 g/mol. The molecule has 0 radical (unpaired) electrons. The Labute approximate surface area is 71.2 Å². The van der Waals surface area contributed by atoms with Crippen LogP contribution in [-0.4, -0.2) is 17.2 Å². The van der Waals surface area contributed by atoms with Crippen LogP contribution in [-0.2, 0) is 0 Å². The van der Waals surface area contributed by atoms with Crippen LogP contribution in [0.2, 0.25) is 0 Å². The highest BCUT2D eigenvalue weighted by Gasteiger charge is 2.13. The van der Waals surface area contributed by atoms with Gasteiger partial charge in [-0.2, -0.15) is 0 Å². The molecule has 0 saturated carbocycles. The summed E-state index contributed by atoms with van der Waals surface area (Å²) in [4.78, 5) is 3.18. The van der Waals surface area contributed by atoms with Crippen LogP contribution in [0.1, 0.15) is 5.56 Å². The smallest absolute Gasteiger partial charge is 0.423 e. The molecule has 60 valence electrons. The van der Waals surface area contributed by atoms with E-state index in [4.69, 9.17) is 16.6 Å². The molecule has 0 bridgehead atoms. The fraction of sp³-hybridized carbons (Fsp3) is 0.125. The lowest BCUT2D eigenvalue weighted by Crippen LogP contribution is -2.31. The van der Waals surface area contributed by atoms with Crippen LogP contribution in [0.3, 0.4) is 0 Å². The van der Waals surface area contributed by atoms with E-state index in [1.165, 1.54) is 6.07 Å². The molecule has 0 aliphatic heterocycles. The highest BCUT2D eigenvalue weighted by molar-refractivity contribution is 6.59. The predicted molar refractivity (Wildman–Crippen MR) is 47.3 cm³/mol. The molecule has 12 heavy (non-hydrogen) atoms. The van der Waals surface area contributed by atoms with Crippen LogP contribution in [0.25, 0.3) is 4.85 Å². The molecule has 1 aromatic carbocycles. The molecule has 0 fully saturated rings. The first-order valence-corrected chi connectivity index (χ1v) is 3.49. The van der Waals surface area contributed by atoms with Crippen LogP contribution in [0.4, 0.5) is 5.69 Å². The number of nitrogens with zero attached hydrogens (tertiary/aromatic N) is 1. The topological polar surface area (TPSA) is 44.8 Å². The zero-order chi connectivity index (χ0) is 9.14. The standard InChI is InChI=1S/C8H8BNO2/c1-6-3-4-7(10-2)5-8(6)9(11)12/h3-5,11-12H,1H3. The number of rotatable bonds is 1. The Kier molecular flexibility index (Phi) is 2.49. The average molecular weight is 161 g/mol. The fourth-order valence-electron chi connectivity index (χ4n) is 0.976. The van der Waals surface area contributed by atoms with Gasteiger partial charge in [0.1, 0.15) is 0 Å². The third-order valence-corrected chi connectivity index (χ3v) is 1.67. The Hall–Kier alpha value is -1.31. The highest BCUT2D eigenvalue weighted by atomic mass is 16.4. The number of benzene rings is 1. The molecule has 3 nitrogen and oxygen atoms in total. The minimum Gasteiger partial charge on any atom is -0.423 e. The van der Waals surface area contributed by atoms with Gasteiger partial charge in [0.25, 0.3) is 0 Å². The maximum atomic E-state index is 8.88. The minimum absolute atomic E-state index is 0.392. The maximum absolute atomic E-state index is 8.88. The Morgan fingerprint density at radius 3 is 2.58 bits per heavy atom. The Morgan fingerprint density at radius 1 is 1.42 bits per heavy atom. The van der Waals surface area contributed by atoms with Crippen LogP contribution >= 0.6 is 0 Å². The lowest BCUT2D eigenvalue weighted by Gasteiger charge is -2.03. The first kappa shape index (κ1) is 8.79. The monoisotopic (exact) mass is 161 g/mol. The van der Waals surface area contributed by atoms with E-state index in [9.17, 15) is 0 Å². The van der Waals surface area contributed by atoms with Gasteiger partial charge in [0.2, 0.25) is 0 Å². The lowest BCUT2D eigenvalue weighted by molar-refractivity contribution is 0.425. The zero-order valence-corrected chi connectivity index (χ0v) is 6.65. The predicted octanol–water partition coefficient (Wildman–Crippen LogP) is 0.226. The first-order chi connectivity index (χ1) is 5.65. The van der Waals surface area contributed by atoms with Crippen LogP contribution in [0, 0.1) is 13.5 Å². The third kappa shape index (κ3) is 1.64. The van der Waals surface area contributed by atoms with Gasteiger partial charge < -0.3 is 10.0 Å². The van der Waals surface area contributed by atoms with Crippen molar-refractivity contribution in [2.75, 3.05) is 0 Å². The van der Waals surface area contributed by atoms with Gasteiger partial charge in [0.15, 0.2) is 5.69 Å². The highest BCUT2D eigenvalue weighted by Crippen LogP contribution is 2.10. The first-order valence-electron chi connectivity index (χ1n) is 3.49. The molecule has 0 spiro atoms. The number of hydrogen-bond donors (Lipinski definition) is 2. The molecule has 0 unspecified atom stereocenters. The molecule has 0 atom stereocenters. The van der Waals surface area contributed by atoms with E-state index in [2.05, 4.69) is 4.85 Å². The molecule has 0 aromatic heterocycles. The summed E-state index contributed by atoms with van der Waals surface area (Å²) in [7, 11) is -1.49. The van der Waals surface area contributed by atoms with Gasteiger partial charge in [-0.1, -0.05) is 23.8 Å².